The molecule has 3 rings (SSSR count). The number of hydrogen-bond donors (Lipinski definition) is 0. The van der Waals surface area contributed by atoms with Gasteiger partial charge in [-0.2, -0.15) is 0 Å². The van der Waals surface area contributed by atoms with Crippen LogP contribution < -0.4 is 4.74 Å². The predicted octanol–water partition coefficient (Wildman–Crippen LogP) is 4.56. The number of ether oxygens (including phenoxy) is 1. The summed E-state index contributed by atoms with van der Waals surface area (Å²) in [6.07, 6.45) is 0. The average Bonchev–Trinajstić information content (AvgIpc) is 2.92. The smallest absolute Gasteiger partial charge is 0.271 e. The van der Waals surface area contributed by atoms with Crippen molar-refractivity contribution in [1.82, 2.24) is 4.98 Å². The molecule has 1 aromatic heterocycles. The van der Waals surface area contributed by atoms with Gasteiger partial charge in [0.2, 0.25) is 5.89 Å². The number of non-ortho nitro benzene ring substituents is 1. The molecule has 0 spiro atoms. The quantitative estimate of drug-likeness (QED) is 0.501. The Morgan fingerprint density at radius 3 is 2.82 bits per heavy atom. The molecule has 0 aliphatic carbocycles. The maximum atomic E-state index is 10.8. The van der Waals surface area contributed by atoms with Crippen molar-refractivity contribution in [3.8, 4) is 17.2 Å². The number of halogens is 1. The van der Waals surface area contributed by atoms with Gasteiger partial charge in [0.15, 0.2) is 5.58 Å². The molecule has 0 radical (unpaired) electrons. The lowest BCUT2D eigenvalue weighted by molar-refractivity contribution is -0.384. The van der Waals surface area contributed by atoms with Crippen molar-refractivity contribution >= 4 is 32.7 Å². The van der Waals surface area contributed by atoms with Gasteiger partial charge in [0.05, 0.1) is 16.0 Å². The molecule has 0 fully saturated rings. The molecule has 112 valence electrons. The van der Waals surface area contributed by atoms with Crippen molar-refractivity contribution in [2.75, 3.05) is 6.61 Å². The van der Waals surface area contributed by atoms with Gasteiger partial charge in [-0.05, 0) is 47.1 Å². The maximum absolute atomic E-state index is 10.8. The Bertz CT molecular complexity index is 860. The number of fused-ring (bicyclic) bond motifs is 1. The van der Waals surface area contributed by atoms with E-state index in [0.717, 1.165) is 15.8 Å². The summed E-state index contributed by atoms with van der Waals surface area (Å²) in [6, 6.07) is 9.82. The van der Waals surface area contributed by atoms with Crippen LogP contribution in [0.25, 0.3) is 22.6 Å². The molecule has 0 unspecified atom stereocenters. The van der Waals surface area contributed by atoms with Gasteiger partial charge in [0.25, 0.3) is 5.69 Å². The lowest BCUT2D eigenvalue weighted by Gasteiger charge is -2.06. The first-order chi connectivity index (χ1) is 10.6. The fourth-order valence-electron chi connectivity index (χ4n) is 2.06. The van der Waals surface area contributed by atoms with E-state index in [2.05, 4.69) is 20.9 Å². The Kier molecular flexibility index (Phi) is 3.81. The molecule has 0 N–H and O–H groups in total. The Balaban J connectivity index is 2.03. The van der Waals surface area contributed by atoms with Crippen LogP contribution in [0.4, 0.5) is 5.69 Å². The minimum absolute atomic E-state index is 0.0137. The molecule has 0 atom stereocenters. The third kappa shape index (κ3) is 2.67. The Morgan fingerprint density at radius 2 is 2.14 bits per heavy atom. The fraction of sp³-hybridized carbons (Fsp3) is 0.133. The molecule has 2 aromatic carbocycles. The summed E-state index contributed by atoms with van der Waals surface area (Å²) in [4.78, 5) is 14.6. The van der Waals surface area contributed by atoms with Crippen LogP contribution in [0.2, 0.25) is 0 Å². The molecule has 0 saturated heterocycles. The minimum Gasteiger partial charge on any atom is -0.493 e. The Labute approximate surface area is 134 Å². The second-order valence-electron chi connectivity index (χ2n) is 4.51. The van der Waals surface area contributed by atoms with E-state index in [9.17, 15) is 10.1 Å². The largest absolute Gasteiger partial charge is 0.493 e. The van der Waals surface area contributed by atoms with Crippen molar-refractivity contribution in [3.63, 3.8) is 0 Å². The highest BCUT2D eigenvalue weighted by atomic mass is 79.9. The fourth-order valence-corrected chi connectivity index (χ4v) is 2.55. The van der Waals surface area contributed by atoms with Gasteiger partial charge >= 0.3 is 0 Å². The number of hydrogen-bond acceptors (Lipinski definition) is 5. The first-order valence-corrected chi connectivity index (χ1v) is 7.35. The van der Waals surface area contributed by atoms with Crippen LogP contribution in [0.1, 0.15) is 6.92 Å². The van der Waals surface area contributed by atoms with Gasteiger partial charge in [-0.3, -0.25) is 10.1 Å². The molecule has 22 heavy (non-hydrogen) atoms. The summed E-state index contributed by atoms with van der Waals surface area (Å²) >= 11 is 3.44. The van der Waals surface area contributed by atoms with E-state index < -0.39 is 4.92 Å². The number of nitrogens with zero attached hydrogens (tertiary/aromatic N) is 2. The van der Waals surface area contributed by atoms with Gasteiger partial charge in [0.1, 0.15) is 11.3 Å². The van der Waals surface area contributed by atoms with Crippen LogP contribution in [-0.4, -0.2) is 16.5 Å². The summed E-state index contributed by atoms with van der Waals surface area (Å²) in [5.74, 6) is 1.14. The van der Waals surface area contributed by atoms with Gasteiger partial charge in [-0.1, -0.05) is 0 Å². The van der Waals surface area contributed by atoms with Gasteiger partial charge in [-0.15, -0.1) is 0 Å². The zero-order valence-electron chi connectivity index (χ0n) is 11.6. The van der Waals surface area contributed by atoms with Crippen molar-refractivity contribution in [2.45, 2.75) is 6.92 Å². The Morgan fingerprint density at radius 1 is 1.32 bits per heavy atom. The highest BCUT2D eigenvalue weighted by Gasteiger charge is 2.14. The van der Waals surface area contributed by atoms with E-state index >= 15 is 0 Å². The predicted molar refractivity (Wildman–Crippen MR) is 85.0 cm³/mol. The number of aromatic nitrogens is 1. The Hall–Kier alpha value is -2.41. The molecule has 1 heterocycles. The van der Waals surface area contributed by atoms with E-state index in [1.807, 2.05) is 25.1 Å². The molecule has 0 bridgehead atoms. The normalized spacial score (nSPS) is 10.8. The van der Waals surface area contributed by atoms with Crippen molar-refractivity contribution in [1.29, 1.82) is 0 Å². The molecule has 0 aliphatic heterocycles. The zero-order chi connectivity index (χ0) is 15.7. The molecular formula is C15H11BrN2O4. The van der Waals surface area contributed by atoms with E-state index in [1.165, 1.54) is 12.1 Å². The van der Waals surface area contributed by atoms with Crippen LogP contribution in [0.15, 0.2) is 45.3 Å². The lowest BCUT2D eigenvalue weighted by Crippen LogP contribution is -1.92. The SMILES string of the molecule is CCOc1ccc(-c2nc3cc([N+](=O)[O-])ccc3o2)cc1Br. The number of nitro groups is 1. The first kappa shape index (κ1) is 14.5. The van der Waals surface area contributed by atoms with Crippen molar-refractivity contribution < 1.29 is 14.1 Å². The molecule has 0 amide bonds. The summed E-state index contributed by atoms with van der Waals surface area (Å²) in [5, 5.41) is 10.8. The van der Waals surface area contributed by atoms with Crippen LogP contribution in [0.3, 0.4) is 0 Å². The minimum atomic E-state index is -0.457. The van der Waals surface area contributed by atoms with Gasteiger partial charge < -0.3 is 9.15 Å². The summed E-state index contributed by atoms with van der Waals surface area (Å²) < 4.78 is 11.9. The summed E-state index contributed by atoms with van der Waals surface area (Å²) in [6.45, 7) is 2.48. The van der Waals surface area contributed by atoms with E-state index in [0.29, 0.717) is 23.6 Å². The number of benzene rings is 2. The highest BCUT2D eigenvalue weighted by molar-refractivity contribution is 9.10. The molecule has 6 nitrogen and oxygen atoms in total. The molecule has 0 aliphatic rings. The summed E-state index contributed by atoms with van der Waals surface area (Å²) in [5.41, 5.74) is 1.70. The molecule has 3 aromatic rings. The lowest BCUT2D eigenvalue weighted by atomic mass is 10.2. The average molecular weight is 363 g/mol. The number of nitro benzene ring substituents is 1. The third-order valence-corrected chi connectivity index (χ3v) is 3.68. The monoisotopic (exact) mass is 362 g/mol. The van der Waals surface area contributed by atoms with Crippen LogP contribution in [0.5, 0.6) is 5.75 Å². The van der Waals surface area contributed by atoms with E-state index in [1.54, 1.807) is 6.07 Å². The van der Waals surface area contributed by atoms with Gasteiger partial charge in [-0.25, -0.2) is 4.98 Å². The molecular weight excluding hydrogens is 352 g/mol. The molecule has 0 saturated carbocycles. The van der Waals surface area contributed by atoms with Crippen molar-refractivity contribution in [3.05, 3.63) is 51.0 Å². The van der Waals surface area contributed by atoms with Crippen LogP contribution >= 0.6 is 15.9 Å². The standard InChI is InChI=1S/C15H11BrN2O4/c1-2-21-13-5-3-9(7-11(13)16)15-17-12-8-10(18(19)20)4-6-14(12)22-15/h3-8H,2H2,1H3. The molecule has 7 heteroatoms. The van der Waals surface area contributed by atoms with Gasteiger partial charge in [0, 0.05) is 17.7 Å². The second kappa shape index (κ2) is 5.76. The van der Waals surface area contributed by atoms with Crippen molar-refractivity contribution in [2.24, 2.45) is 0 Å². The first-order valence-electron chi connectivity index (χ1n) is 6.56. The maximum Gasteiger partial charge on any atom is 0.271 e. The number of rotatable bonds is 4. The van der Waals surface area contributed by atoms with Crippen LogP contribution in [-0.2, 0) is 0 Å². The highest BCUT2D eigenvalue weighted by Crippen LogP contribution is 2.32. The zero-order valence-corrected chi connectivity index (χ0v) is 13.2. The third-order valence-electron chi connectivity index (χ3n) is 3.06. The van der Waals surface area contributed by atoms with E-state index in [4.69, 9.17) is 9.15 Å². The van der Waals surface area contributed by atoms with Crippen LogP contribution in [0, 0.1) is 10.1 Å². The second-order valence-corrected chi connectivity index (χ2v) is 5.36. The summed E-state index contributed by atoms with van der Waals surface area (Å²) in [7, 11) is 0. The number of oxazole rings is 1. The van der Waals surface area contributed by atoms with E-state index in [-0.39, 0.29) is 5.69 Å². The topological polar surface area (TPSA) is 78.4 Å².